The van der Waals surface area contributed by atoms with Gasteiger partial charge in [-0.15, -0.1) is 0 Å². The van der Waals surface area contributed by atoms with Crippen LogP contribution in [0.1, 0.15) is 21.9 Å². The highest BCUT2D eigenvalue weighted by molar-refractivity contribution is 6.05. The molecule has 5 heteroatoms. The molecule has 19 heavy (non-hydrogen) atoms. The first-order chi connectivity index (χ1) is 9.01. The van der Waals surface area contributed by atoms with Crippen LogP contribution in [0.3, 0.4) is 0 Å². The smallest absolute Gasteiger partial charge is 0.259 e. The zero-order valence-corrected chi connectivity index (χ0v) is 11.1. The van der Waals surface area contributed by atoms with Gasteiger partial charge in [-0.1, -0.05) is 0 Å². The molecule has 2 aromatic rings. The summed E-state index contributed by atoms with van der Waals surface area (Å²) in [6.45, 7) is 3.56. The van der Waals surface area contributed by atoms with Gasteiger partial charge in [0.05, 0.1) is 18.4 Å². The average Bonchev–Trinajstić information content (AvgIpc) is 2.71. The van der Waals surface area contributed by atoms with Crippen LogP contribution in [0.2, 0.25) is 0 Å². The molecule has 1 heterocycles. The molecule has 0 radical (unpaired) electrons. The lowest BCUT2D eigenvalue weighted by Crippen LogP contribution is -2.12. The van der Waals surface area contributed by atoms with Gasteiger partial charge in [-0.2, -0.15) is 0 Å². The van der Waals surface area contributed by atoms with Crippen LogP contribution in [0.4, 0.5) is 11.4 Å². The molecular weight excluding hydrogens is 244 g/mol. The van der Waals surface area contributed by atoms with Crippen molar-refractivity contribution in [3.63, 3.8) is 0 Å². The Morgan fingerprint density at radius 3 is 2.63 bits per heavy atom. The van der Waals surface area contributed by atoms with E-state index >= 15 is 0 Å². The van der Waals surface area contributed by atoms with Gasteiger partial charge in [-0.25, -0.2) is 0 Å². The average molecular weight is 260 g/mol. The predicted molar refractivity (Wildman–Crippen MR) is 73.5 cm³/mol. The molecule has 1 aromatic carbocycles. The van der Waals surface area contributed by atoms with Crippen LogP contribution in [0, 0.1) is 13.8 Å². The van der Waals surface area contributed by atoms with E-state index in [2.05, 4.69) is 5.32 Å². The second-order valence-electron chi connectivity index (χ2n) is 4.24. The van der Waals surface area contributed by atoms with Crippen LogP contribution in [0.25, 0.3) is 0 Å². The zero-order valence-electron chi connectivity index (χ0n) is 11.1. The highest BCUT2D eigenvalue weighted by Gasteiger charge is 2.14. The van der Waals surface area contributed by atoms with Crippen molar-refractivity contribution in [2.24, 2.45) is 0 Å². The summed E-state index contributed by atoms with van der Waals surface area (Å²) in [5.74, 6) is 1.61. The third-order valence-electron chi connectivity index (χ3n) is 2.78. The van der Waals surface area contributed by atoms with Gasteiger partial charge in [0.2, 0.25) is 0 Å². The standard InChI is InChI=1S/C14H16N2O3/c1-8-6-11(9(2)19-8)14(17)16-10-4-5-12(15)13(7-10)18-3/h4-7H,15H2,1-3H3,(H,16,17). The molecule has 0 aliphatic carbocycles. The summed E-state index contributed by atoms with van der Waals surface area (Å²) >= 11 is 0. The SMILES string of the molecule is COc1cc(NC(=O)c2cc(C)oc2C)ccc1N. The third kappa shape index (κ3) is 2.70. The third-order valence-corrected chi connectivity index (χ3v) is 2.78. The molecule has 1 aromatic heterocycles. The summed E-state index contributed by atoms with van der Waals surface area (Å²) in [4.78, 5) is 12.1. The van der Waals surface area contributed by atoms with Gasteiger partial charge in [0.25, 0.3) is 5.91 Å². The molecule has 100 valence electrons. The van der Waals surface area contributed by atoms with Gasteiger partial charge in [-0.05, 0) is 32.0 Å². The lowest BCUT2D eigenvalue weighted by Gasteiger charge is -2.08. The molecule has 1 amide bonds. The minimum Gasteiger partial charge on any atom is -0.495 e. The zero-order chi connectivity index (χ0) is 14.0. The van der Waals surface area contributed by atoms with Crippen molar-refractivity contribution in [1.29, 1.82) is 0 Å². The number of anilines is 2. The minimum atomic E-state index is -0.221. The number of amides is 1. The van der Waals surface area contributed by atoms with Crippen molar-refractivity contribution in [2.45, 2.75) is 13.8 Å². The van der Waals surface area contributed by atoms with Gasteiger partial charge >= 0.3 is 0 Å². The number of nitrogens with two attached hydrogens (primary N) is 1. The molecule has 2 rings (SSSR count). The Balaban J connectivity index is 2.21. The first-order valence-corrected chi connectivity index (χ1v) is 5.83. The van der Waals surface area contributed by atoms with Crippen molar-refractivity contribution in [2.75, 3.05) is 18.2 Å². The summed E-state index contributed by atoms with van der Waals surface area (Å²) in [6.07, 6.45) is 0. The van der Waals surface area contributed by atoms with Gasteiger partial charge in [0, 0.05) is 11.8 Å². The van der Waals surface area contributed by atoms with E-state index in [1.807, 2.05) is 0 Å². The Kier molecular flexibility index (Phi) is 3.46. The lowest BCUT2D eigenvalue weighted by molar-refractivity contribution is 0.102. The van der Waals surface area contributed by atoms with Crippen LogP contribution in [-0.2, 0) is 0 Å². The van der Waals surface area contributed by atoms with Gasteiger partial charge in [0.1, 0.15) is 17.3 Å². The lowest BCUT2D eigenvalue weighted by atomic mass is 10.2. The maximum atomic E-state index is 12.1. The Morgan fingerprint density at radius 2 is 2.05 bits per heavy atom. The van der Waals surface area contributed by atoms with E-state index < -0.39 is 0 Å². The number of nitrogen functional groups attached to an aromatic ring is 1. The van der Waals surface area contributed by atoms with Crippen LogP contribution in [-0.4, -0.2) is 13.0 Å². The second-order valence-corrected chi connectivity index (χ2v) is 4.24. The van der Waals surface area contributed by atoms with E-state index in [0.717, 1.165) is 0 Å². The van der Waals surface area contributed by atoms with Crippen LogP contribution in [0.15, 0.2) is 28.7 Å². The van der Waals surface area contributed by atoms with Crippen molar-refractivity contribution >= 4 is 17.3 Å². The Labute approximate surface area is 111 Å². The Bertz CT molecular complexity index is 617. The molecule has 3 N–H and O–H groups in total. The van der Waals surface area contributed by atoms with Gasteiger partial charge in [0.15, 0.2) is 0 Å². The maximum absolute atomic E-state index is 12.1. The molecule has 0 fully saturated rings. The number of carbonyl (C=O) groups is 1. The number of aryl methyl sites for hydroxylation is 2. The number of rotatable bonds is 3. The number of hydrogen-bond donors (Lipinski definition) is 2. The fourth-order valence-electron chi connectivity index (χ4n) is 1.84. The molecule has 0 saturated carbocycles. The normalized spacial score (nSPS) is 10.3. The number of hydrogen-bond acceptors (Lipinski definition) is 4. The van der Waals surface area contributed by atoms with E-state index in [1.165, 1.54) is 7.11 Å². The summed E-state index contributed by atoms with van der Waals surface area (Å²) in [6, 6.07) is 6.79. The quantitative estimate of drug-likeness (QED) is 0.832. The molecule has 0 unspecified atom stereocenters. The van der Waals surface area contributed by atoms with Crippen LogP contribution < -0.4 is 15.8 Å². The van der Waals surface area contributed by atoms with E-state index in [1.54, 1.807) is 38.1 Å². The molecule has 0 aliphatic rings. The molecular formula is C14H16N2O3. The van der Waals surface area contributed by atoms with Crippen molar-refractivity contribution in [3.05, 3.63) is 41.3 Å². The van der Waals surface area contributed by atoms with Gasteiger partial charge < -0.3 is 20.2 Å². The highest BCUT2D eigenvalue weighted by atomic mass is 16.5. The topological polar surface area (TPSA) is 77.5 Å². The first-order valence-electron chi connectivity index (χ1n) is 5.83. The summed E-state index contributed by atoms with van der Waals surface area (Å²) in [5, 5.41) is 2.78. The largest absolute Gasteiger partial charge is 0.495 e. The number of nitrogens with one attached hydrogen (secondary N) is 1. The van der Waals surface area contributed by atoms with E-state index in [0.29, 0.717) is 34.2 Å². The van der Waals surface area contributed by atoms with Crippen molar-refractivity contribution < 1.29 is 13.9 Å². The van der Waals surface area contributed by atoms with E-state index in [4.69, 9.17) is 14.9 Å². The predicted octanol–water partition coefficient (Wildman–Crippen LogP) is 2.74. The fraction of sp³-hybridized carbons (Fsp3) is 0.214. The van der Waals surface area contributed by atoms with Gasteiger partial charge in [-0.3, -0.25) is 4.79 Å². The number of methoxy groups -OCH3 is 1. The maximum Gasteiger partial charge on any atom is 0.259 e. The first kappa shape index (κ1) is 13.0. The van der Waals surface area contributed by atoms with Crippen molar-refractivity contribution in [1.82, 2.24) is 0 Å². The number of furan rings is 1. The van der Waals surface area contributed by atoms with Crippen molar-refractivity contribution in [3.8, 4) is 5.75 Å². The molecule has 0 atom stereocenters. The fourth-order valence-corrected chi connectivity index (χ4v) is 1.84. The summed E-state index contributed by atoms with van der Waals surface area (Å²) in [5.41, 5.74) is 7.38. The number of benzene rings is 1. The number of carbonyl (C=O) groups excluding carboxylic acids is 1. The minimum absolute atomic E-state index is 0.221. The highest BCUT2D eigenvalue weighted by Crippen LogP contribution is 2.25. The van der Waals surface area contributed by atoms with E-state index in [-0.39, 0.29) is 5.91 Å². The summed E-state index contributed by atoms with van der Waals surface area (Å²) < 4.78 is 10.4. The molecule has 0 bridgehead atoms. The second kappa shape index (κ2) is 5.06. The molecule has 0 aliphatic heterocycles. The Hall–Kier alpha value is -2.43. The monoisotopic (exact) mass is 260 g/mol. The number of ether oxygens (including phenoxy) is 1. The Morgan fingerprint density at radius 1 is 1.32 bits per heavy atom. The van der Waals surface area contributed by atoms with Crippen LogP contribution >= 0.6 is 0 Å². The van der Waals surface area contributed by atoms with Crippen LogP contribution in [0.5, 0.6) is 5.75 Å². The molecule has 5 nitrogen and oxygen atoms in total. The molecule has 0 spiro atoms. The summed E-state index contributed by atoms with van der Waals surface area (Å²) in [7, 11) is 1.53. The molecule has 0 saturated heterocycles. The van der Waals surface area contributed by atoms with E-state index in [9.17, 15) is 4.79 Å².